The summed E-state index contributed by atoms with van der Waals surface area (Å²) in [4.78, 5) is 21.6. The van der Waals surface area contributed by atoms with Crippen LogP contribution in [0.2, 0.25) is 0 Å². The van der Waals surface area contributed by atoms with Crippen LogP contribution in [-0.4, -0.2) is 44.0 Å². The van der Waals surface area contributed by atoms with Crippen LogP contribution in [-0.2, 0) is 9.53 Å². The Bertz CT molecular complexity index is 436. The van der Waals surface area contributed by atoms with Crippen LogP contribution in [0.5, 0.6) is 5.75 Å². The van der Waals surface area contributed by atoms with Crippen molar-refractivity contribution in [2.45, 2.75) is 0 Å². The van der Waals surface area contributed by atoms with Gasteiger partial charge in [0.05, 0.1) is 13.7 Å². The summed E-state index contributed by atoms with van der Waals surface area (Å²) >= 11 is 0. The van der Waals surface area contributed by atoms with Crippen molar-refractivity contribution < 1.29 is 24.2 Å². The van der Waals surface area contributed by atoms with Crippen molar-refractivity contribution in [1.29, 1.82) is 0 Å². The van der Waals surface area contributed by atoms with Gasteiger partial charge in [-0.1, -0.05) is 6.07 Å². The molecule has 0 aliphatic rings. The first kappa shape index (κ1) is 14.8. The normalized spacial score (nSPS) is 9.74. The quantitative estimate of drug-likeness (QED) is 0.639. The molecule has 7 nitrogen and oxygen atoms in total. The maximum absolute atomic E-state index is 11.5. The predicted octanol–water partition coefficient (Wildman–Crippen LogP) is 0.918. The number of carboxylic acids is 1. The number of carboxylic acid groups (broad SMARTS) is 1. The third-order valence-corrected chi connectivity index (χ3v) is 2.09. The molecule has 0 bridgehead atoms. The van der Waals surface area contributed by atoms with Gasteiger partial charge in [-0.2, -0.15) is 0 Å². The highest BCUT2D eigenvalue weighted by Crippen LogP contribution is 2.16. The van der Waals surface area contributed by atoms with Gasteiger partial charge in [0.2, 0.25) is 0 Å². The molecule has 3 N–H and O–H groups in total. The van der Waals surface area contributed by atoms with Crippen LogP contribution in [0.1, 0.15) is 0 Å². The summed E-state index contributed by atoms with van der Waals surface area (Å²) in [5.41, 5.74) is 0.600. The summed E-state index contributed by atoms with van der Waals surface area (Å²) in [6.45, 7) is -0.0138. The van der Waals surface area contributed by atoms with Gasteiger partial charge in [0.1, 0.15) is 12.4 Å². The minimum atomic E-state index is -1.04. The number of nitrogens with one attached hydrogen (secondary N) is 2. The maximum atomic E-state index is 11.5. The van der Waals surface area contributed by atoms with Gasteiger partial charge in [-0.05, 0) is 12.1 Å². The molecule has 2 amide bonds. The lowest BCUT2D eigenvalue weighted by molar-refractivity contribution is -0.142. The molecule has 7 heteroatoms. The molecule has 0 saturated heterocycles. The van der Waals surface area contributed by atoms with Crippen LogP contribution in [0.15, 0.2) is 24.3 Å². The van der Waals surface area contributed by atoms with E-state index in [2.05, 4.69) is 10.6 Å². The van der Waals surface area contributed by atoms with E-state index in [0.29, 0.717) is 11.4 Å². The van der Waals surface area contributed by atoms with E-state index < -0.39 is 12.0 Å². The minimum Gasteiger partial charge on any atom is -0.497 e. The van der Waals surface area contributed by atoms with E-state index in [-0.39, 0.29) is 19.8 Å². The third-order valence-electron chi connectivity index (χ3n) is 2.09. The summed E-state index contributed by atoms with van der Waals surface area (Å²) in [5, 5.41) is 13.5. The second kappa shape index (κ2) is 7.93. The highest BCUT2D eigenvalue weighted by Gasteiger charge is 2.02. The molecule has 0 aliphatic carbocycles. The van der Waals surface area contributed by atoms with E-state index >= 15 is 0 Å². The fraction of sp³-hybridized carbons (Fsp3) is 0.333. The number of hydrogen-bond acceptors (Lipinski definition) is 4. The van der Waals surface area contributed by atoms with Crippen LogP contribution in [0, 0.1) is 0 Å². The number of amides is 2. The van der Waals surface area contributed by atoms with Crippen molar-refractivity contribution in [2.24, 2.45) is 0 Å². The average molecular weight is 268 g/mol. The second-order valence-corrected chi connectivity index (χ2v) is 3.56. The molecule has 1 aromatic carbocycles. The molecule has 0 aromatic heterocycles. The number of rotatable bonds is 7. The van der Waals surface area contributed by atoms with Crippen molar-refractivity contribution in [2.75, 3.05) is 32.2 Å². The fourth-order valence-electron chi connectivity index (χ4n) is 1.27. The van der Waals surface area contributed by atoms with E-state index in [1.165, 1.54) is 0 Å². The smallest absolute Gasteiger partial charge is 0.329 e. The van der Waals surface area contributed by atoms with Gasteiger partial charge in [-0.25, -0.2) is 9.59 Å². The average Bonchev–Trinajstić information content (AvgIpc) is 2.38. The Kier molecular flexibility index (Phi) is 6.17. The Labute approximate surface area is 110 Å². The summed E-state index contributed by atoms with van der Waals surface area (Å²) < 4.78 is 9.79. The molecule has 1 rings (SSSR count). The molecule has 0 spiro atoms. The summed E-state index contributed by atoms with van der Waals surface area (Å²) in [5.74, 6) is -0.400. The molecule has 19 heavy (non-hydrogen) atoms. The van der Waals surface area contributed by atoms with Crippen molar-refractivity contribution >= 4 is 17.7 Å². The van der Waals surface area contributed by atoms with E-state index in [9.17, 15) is 9.59 Å². The molecule has 0 aliphatic heterocycles. The van der Waals surface area contributed by atoms with Gasteiger partial charge < -0.3 is 25.2 Å². The van der Waals surface area contributed by atoms with Crippen molar-refractivity contribution in [3.63, 3.8) is 0 Å². The monoisotopic (exact) mass is 268 g/mol. The maximum Gasteiger partial charge on any atom is 0.329 e. The van der Waals surface area contributed by atoms with E-state index in [0.717, 1.165) is 0 Å². The van der Waals surface area contributed by atoms with Crippen molar-refractivity contribution in [3.05, 3.63) is 24.3 Å². The lowest BCUT2D eigenvalue weighted by Gasteiger charge is -2.08. The largest absolute Gasteiger partial charge is 0.497 e. The van der Waals surface area contributed by atoms with Gasteiger partial charge in [0, 0.05) is 18.3 Å². The number of ether oxygens (including phenoxy) is 2. The number of carbonyl (C=O) groups excluding carboxylic acids is 1. The fourth-order valence-corrected chi connectivity index (χ4v) is 1.27. The van der Waals surface area contributed by atoms with Gasteiger partial charge in [0.25, 0.3) is 0 Å². The highest BCUT2D eigenvalue weighted by atomic mass is 16.5. The zero-order chi connectivity index (χ0) is 14.1. The molecule has 0 radical (unpaired) electrons. The Balaban J connectivity index is 2.25. The summed E-state index contributed by atoms with van der Waals surface area (Å²) in [7, 11) is 1.54. The van der Waals surface area contributed by atoms with Crippen LogP contribution in [0.4, 0.5) is 10.5 Å². The SMILES string of the molecule is COc1cccc(NC(=O)NCCOCC(=O)O)c1. The number of methoxy groups -OCH3 is 1. The number of benzene rings is 1. The number of urea groups is 1. The molecule has 104 valence electrons. The number of aliphatic carboxylic acids is 1. The Morgan fingerprint density at radius 1 is 1.37 bits per heavy atom. The summed E-state index contributed by atoms with van der Waals surface area (Å²) in [6, 6.07) is 6.53. The number of carbonyl (C=O) groups is 2. The second-order valence-electron chi connectivity index (χ2n) is 3.56. The van der Waals surface area contributed by atoms with Crippen LogP contribution in [0.25, 0.3) is 0 Å². The molecule has 0 atom stereocenters. The molecular weight excluding hydrogens is 252 g/mol. The molecular formula is C12H16N2O5. The first-order valence-electron chi connectivity index (χ1n) is 5.60. The van der Waals surface area contributed by atoms with E-state index in [1.54, 1.807) is 31.4 Å². The molecule has 0 fully saturated rings. The van der Waals surface area contributed by atoms with Gasteiger partial charge >= 0.3 is 12.0 Å². The molecule has 0 heterocycles. The van der Waals surface area contributed by atoms with Gasteiger partial charge in [-0.3, -0.25) is 0 Å². The van der Waals surface area contributed by atoms with Gasteiger partial charge in [-0.15, -0.1) is 0 Å². The lowest BCUT2D eigenvalue weighted by atomic mass is 10.3. The Hall–Kier alpha value is -2.28. The van der Waals surface area contributed by atoms with Gasteiger partial charge in [0.15, 0.2) is 0 Å². The first-order chi connectivity index (χ1) is 9.11. The topological polar surface area (TPSA) is 96.9 Å². The lowest BCUT2D eigenvalue weighted by Crippen LogP contribution is -2.31. The number of anilines is 1. The molecule has 0 saturated carbocycles. The zero-order valence-corrected chi connectivity index (χ0v) is 10.5. The highest BCUT2D eigenvalue weighted by molar-refractivity contribution is 5.89. The third kappa shape index (κ3) is 6.27. The first-order valence-corrected chi connectivity index (χ1v) is 5.60. The molecule has 1 aromatic rings. The number of hydrogen-bond donors (Lipinski definition) is 3. The van der Waals surface area contributed by atoms with Crippen LogP contribution in [0.3, 0.4) is 0 Å². The standard InChI is InChI=1S/C12H16N2O5/c1-18-10-4-2-3-9(7-10)14-12(17)13-5-6-19-8-11(15)16/h2-4,7H,5-6,8H2,1H3,(H,15,16)(H2,13,14,17). The Morgan fingerprint density at radius 2 is 2.16 bits per heavy atom. The van der Waals surface area contributed by atoms with Crippen molar-refractivity contribution in [3.8, 4) is 5.75 Å². The predicted molar refractivity (Wildman–Crippen MR) is 68.5 cm³/mol. The minimum absolute atomic E-state index is 0.137. The van der Waals surface area contributed by atoms with Crippen molar-refractivity contribution in [1.82, 2.24) is 5.32 Å². The van der Waals surface area contributed by atoms with Crippen LogP contribution >= 0.6 is 0 Å². The summed E-state index contributed by atoms with van der Waals surface area (Å²) in [6.07, 6.45) is 0. The van der Waals surface area contributed by atoms with Crippen LogP contribution < -0.4 is 15.4 Å². The Morgan fingerprint density at radius 3 is 2.84 bits per heavy atom. The molecule has 0 unspecified atom stereocenters. The van der Waals surface area contributed by atoms with E-state index in [1.807, 2.05) is 0 Å². The zero-order valence-electron chi connectivity index (χ0n) is 10.5. The van der Waals surface area contributed by atoms with E-state index in [4.69, 9.17) is 14.6 Å².